The van der Waals surface area contributed by atoms with Gasteiger partial charge in [-0.2, -0.15) is 0 Å². The average molecular weight is 225 g/mol. The van der Waals surface area contributed by atoms with E-state index in [0.29, 0.717) is 6.54 Å². The molecular formula is C10H13BFNO3. The molecule has 0 spiro atoms. The summed E-state index contributed by atoms with van der Waals surface area (Å²) < 4.78 is 13.5. The Morgan fingerprint density at radius 2 is 2.12 bits per heavy atom. The van der Waals surface area contributed by atoms with Crippen molar-refractivity contribution < 1.29 is 19.2 Å². The topological polar surface area (TPSA) is 60.8 Å². The first-order valence-corrected chi connectivity index (χ1v) is 4.88. The van der Waals surface area contributed by atoms with E-state index in [4.69, 9.17) is 10.0 Å². The van der Waals surface area contributed by atoms with Crippen LogP contribution in [0.3, 0.4) is 0 Å². The molecule has 0 atom stereocenters. The van der Waals surface area contributed by atoms with Crippen LogP contribution < -0.4 is 5.46 Å². The first-order chi connectivity index (χ1) is 7.47. The van der Waals surface area contributed by atoms with Crippen LogP contribution >= 0.6 is 0 Å². The molecule has 0 saturated carbocycles. The first kappa shape index (κ1) is 12.7. The molecule has 16 heavy (non-hydrogen) atoms. The number of amides is 1. The van der Waals surface area contributed by atoms with Gasteiger partial charge in [0.2, 0.25) is 0 Å². The quantitative estimate of drug-likeness (QED) is 0.688. The normalized spacial score (nSPS) is 10.1. The predicted molar refractivity (Wildman–Crippen MR) is 58.9 cm³/mol. The van der Waals surface area contributed by atoms with Crippen molar-refractivity contribution in [2.45, 2.75) is 6.92 Å². The predicted octanol–water partition coefficient (Wildman–Crippen LogP) is -0.403. The van der Waals surface area contributed by atoms with Gasteiger partial charge in [-0.1, -0.05) is 6.07 Å². The van der Waals surface area contributed by atoms with Crippen LogP contribution in [0, 0.1) is 5.82 Å². The van der Waals surface area contributed by atoms with Crippen molar-refractivity contribution in [2.75, 3.05) is 13.6 Å². The SMILES string of the molecule is CCN(C)C(=O)c1ccc(B(O)O)cc1F. The van der Waals surface area contributed by atoms with E-state index in [1.807, 2.05) is 0 Å². The van der Waals surface area contributed by atoms with Crippen LogP contribution in [-0.2, 0) is 0 Å². The van der Waals surface area contributed by atoms with Crippen LogP contribution in [-0.4, -0.2) is 41.6 Å². The number of halogens is 1. The van der Waals surface area contributed by atoms with Crippen LogP contribution in [0.5, 0.6) is 0 Å². The van der Waals surface area contributed by atoms with Gasteiger partial charge in [0.1, 0.15) is 5.82 Å². The molecule has 0 bridgehead atoms. The van der Waals surface area contributed by atoms with E-state index in [9.17, 15) is 9.18 Å². The number of nitrogens with zero attached hydrogens (tertiary/aromatic N) is 1. The molecule has 6 heteroatoms. The standard InChI is InChI=1S/C10H13BFNO3/c1-3-13(2)10(14)8-5-4-7(11(15)16)6-9(8)12/h4-6,15-16H,3H2,1-2H3. The van der Waals surface area contributed by atoms with E-state index in [-0.39, 0.29) is 11.0 Å². The maximum atomic E-state index is 13.5. The van der Waals surface area contributed by atoms with Gasteiger partial charge >= 0.3 is 7.12 Å². The van der Waals surface area contributed by atoms with E-state index in [1.165, 1.54) is 17.0 Å². The van der Waals surface area contributed by atoms with Gasteiger partial charge in [-0.15, -0.1) is 0 Å². The molecule has 0 aromatic heterocycles. The number of hydrogen-bond acceptors (Lipinski definition) is 3. The van der Waals surface area contributed by atoms with Crippen LogP contribution in [0.2, 0.25) is 0 Å². The molecule has 0 saturated heterocycles. The minimum atomic E-state index is -1.73. The minimum absolute atomic E-state index is 0.0215. The monoisotopic (exact) mass is 225 g/mol. The number of rotatable bonds is 3. The Balaban J connectivity index is 3.04. The Morgan fingerprint density at radius 3 is 2.56 bits per heavy atom. The fraction of sp³-hybridized carbons (Fsp3) is 0.300. The lowest BCUT2D eigenvalue weighted by molar-refractivity contribution is 0.0798. The summed E-state index contributed by atoms with van der Waals surface area (Å²) in [5.41, 5.74) is -0.0537. The number of hydrogen-bond donors (Lipinski definition) is 2. The summed E-state index contributed by atoms with van der Waals surface area (Å²) in [6.45, 7) is 2.25. The van der Waals surface area contributed by atoms with Crippen LogP contribution in [0.4, 0.5) is 4.39 Å². The molecule has 0 heterocycles. The maximum Gasteiger partial charge on any atom is 0.488 e. The van der Waals surface area contributed by atoms with E-state index >= 15 is 0 Å². The highest BCUT2D eigenvalue weighted by atomic mass is 19.1. The second-order valence-corrected chi connectivity index (χ2v) is 3.43. The Kier molecular flexibility index (Phi) is 4.03. The third-order valence-electron chi connectivity index (χ3n) is 2.34. The molecule has 0 radical (unpaired) electrons. The minimum Gasteiger partial charge on any atom is -0.423 e. The van der Waals surface area contributed by atoms with E-state index in [2.05, 4.69) is 0 Å². The largest absolute Gasteiger partial charge is 0.488 e. The van der Waals surface area contributed by atoms with Crippen molar-refractivity contribution >= 4 is 18.5 Å². The molecule has 1 amide bonds. The van der Waals surface area contributed by atoms with E-state index in [0.717, 1.165) is 6.07 Å². The molecule has 1 aromatic rings. The summed E-state index contributed by atoms with van der Waals surface area (Å²) in [7, 11) is -0.168. The van der Waals surface area contributed by atoms with Gasteiger partial charge in [0.25, 0.3) is 5.91 Å². The molecule has 0 unspecified atom stereocenters. The smallest absolute Gasteiger partial charge is 0.423 e. The third kappa shape index (κ3) is 2.59. The number of benzene rings is 1. The van der Waals surface area contributed by atoms with Crippen molar-refractivity contribution in [3.05, 3.63) is 29.6 Å². The van der Waals surface area contributed by atoms with Gasteiger partial charge in [0.15, 0.2) is 0 Å². The van der Waals surface area contributed by atoms with Gasteiger partial charge in [-0.25, -0.2) is 4.39 Å². The fourth-order valence-electron chi connectivity index (χ4n) is 1.21. The van der Waals surface area contributed by atoms with Gasteiger partial charge in [0.05, 0.1) is 5.56 Å². The van der Waals surface area contributed by atoms with Crippen molar-refractivity contribution in [3.63, 3.8) is 0 Å². The molecule has 0 aliphatic carbocycles. The Hall–Kier alpha value is -1.40. The summed E-state index contributed by atoms with van der Waals surface area (Å²) in [6, 6.07) is 3.50. The lowest BCUT2D eigenvalue weighted by Crippen LogP contribution is -2.32. The Bertz CT molecular complexity index is 398. The van der Waals surface area contributed by atoms with Crippen molar-refractivity contribution in [1.29, 1.82) is 0 Å². The summed E-state index contributed by atoms with van der Waals surface area (Å²) in [5, 5.41) is 17.7. The highest BCUT2D eigenvalue weighted by Gasteiger charge is 2.18. The van der Waals surface area contributed by atoms with Gasteiger partial charge < -0.3 is 14.9 Å². The maximum absolute atomic E-state index is 13.5. The van der Waals surface area contributed by atoms with Crippen molar-refractivity contribution in [1.82, 2.24) is 4.90 Å². The van der Waals surface area contributed by atoms with E-state index in [1.54, 1.807) is 14.0 Å². The van der Waals surface area contributed by atoms with Crippen LogP contribution in [0.1, 0.15) is 17.3 Å². The number of carbonyl (C=O) groups is 1. The summed E-state index contributed by atoms with van der Waals surface area (Å²) in [6.07, 6.45) is 0. The van der Waals surface area contributed by atoms with Gasteiger partial charge in [0, 0.05) is 13.6 Å². The lowest BCUT2D eigenvalue weighted by Gasteiger charge is -2.15. The molecule has 2 N–H and O–H groups in total. The molecular weight excluding hydrogens is 212 g/mol. The Labute approximate surface area is 93.5 Å². The van der Waals surface area contributed by atoms with Crippen molar-refractivity contribution in [3.8, 4) is 0 Å². The van der Waals surface area contributed by atoms with Crippen molar-refractivity contribution in [2.24, 2.45) is 0 Å². The van der Waals surface area contributed by atoms with E-state index < -0.39 is 18.8 Å². The molecule has 1 aromatic carbocycles. The first-order valence-electron chi connectivity index (χ1n) is 4.88. The summed E-state index contributed by atoms with van der Waals surface area (Å²) in [5.74, 6) is -1.19. The molecule has 4 nitrogen and oxygen atoms in total. The molecule has 1 rings (SSSR count). The van der Waals surface area contributed by atoms with Crippen LogP contribution in [0.25, 0.3) is 0 Å². The fourth-order valence-corrected chi connectivity index (χ4v) is 1.21. The highest BCUT2D eigenvalue weighted by molar-refractivity contribution is 6.58. The molecule has 86 valence electrons. The lowest BCUT2D eigenvalue weighted by atomic mass is 9.80. The number of carbonyl (C=O) groups excluding carboxylic acids is 1. The van der Waals surface area contributed by atoms with Crippen LogP contribution in [0.15, 0.2) is 18.2 Å². The highest BCUT2D eigenvalue weighted by Crippen LogP contribution is 2.08. The zero-order valence-corrected chi connectivity index (χ0v) is 9.14. The van der Waals surface area contributed by atoms with Gasteiger partial charge in [-0.05, 0) is 24.5 Å². The second kappa shape index (κ2) is 5.09. The summed E-state index contributed by atoms with van der Waals surface area (Å²) in [4.78, 5) is 13.0. The average Bonchev–Trinajstić information content (AvgIpc) is 2.26. The van der Waals surface area contributed by atoms with Gasteiger partial charge in [-0.3, -0.25) is 4.79 Å². The molecule has 0 fully saturated rings. The zero-order chi connectivity index (χ0) is 12.3. The zero-order valence-electron chi connectivity index (χ0n) is 9.14. The molecule has 0 aliphatic rings. The summed E-state index contributed by atoms with van der Waals surface area (Å²) >= 11 is 0. The molecule has 0 aliphatic heterocycles. The second-order valence-electron chi connectivity index (χ2n) is 3.43. The Morgan fingerprint density at radius 1 is 1.50 bits per heavy atom. The third-order valence-corrected chi connectivity index (χ3v) is 2.34.